The predicted molar refractivity (Wildman–Crippen MR) is 127 cm³/mol. The van der Waals surface area contributed by atoms with E-state index in [1.165, 1.54) is 23.1 Å². The Hall–Kier alpha value is -2.62. The highest BCUT2D eigenvalue weighted by Crippen LogP contribution is 2.34. The standard InChI is InChI=1S/C21H20ClN5O2S2/c1-12-10-18(28)23-16-7-3-4-9-17(16)27(12)19(29)11-30-21-26-25-20(31-21)24-15-8-5-6-14(22)13(15)2/h3-9,12H,10-11H2,1-2H3,(H,23,28)(H,24,25)/t12-/m1/s1. The third kappa shape index (κ3) is 4.84. The highest BCUT2D eigenvalue weighted by atomic mass is 35.5. The lowest BCUT2D eigenvalue weighted by Gasteiger charge is -2.27. The van der Waals surface area contributed by atoms with E-state index in [0.29, 0.717) is 25.9 Å². The van der Waals surface area contributed by atoms with E-state index < -0.39 is 0 Å². The minimum absolute atomic E-state index is 0.0863. The van der Waals surface area contributed by atoms with Gasteiger partial charge in [0.25, 0.3) is 0 Å². The van der Waals surface area contributed by atoms with Crippen molar-refractivity contribution < 1.29 is 9.59 Å². The number of hydrogen-bond donors (Lipinski definition) is 2. The fraction of sp³-hybridized carbons (Fsp3) is 0.238. The average molecular weight is 474 g/mol. The lowest BCUT2D eigenvalue weighted by molar-refractivity contribution is -0.117. The number of nitrogens with one attached hydrogen (secondary N) is 2. The first-order valence-corrected chi connectivity index (χ1v) is 11.8. The number of carbonyl (C=O) groups is 2. The summed E-state index contributed by atoms with van der Waals surface area (Å²) in [6, 6.07) is 12.7. The lowest BCUT2D eigenvalue weighted by Crippen LogP contribution is -2.40. The SMILES string of the molecule is Cc1c(Cl)cccc1Nc1nnc(SCC(=O)N2c3ccccc3NC(=O)C[C@H]2C)s1. The minimum Gasteiger partial charge on any atom is -0.330 e. The largest absolute Gasteiger partial charge is 0.330 e. The van der Waals surface area contributed by atoms with Crippen LogP contribution in [0.4, 0.5) is 22.2 Å². The molecule has 160 valence electrons. The Labute approximate surface area is 193 Å². The van der Waals surface area contributed by atoms with Gasteiger partial charge in [0.05, 0.1) is 17.1 Å². The summed E-state index contributed by atoms with van der Waals surface area (Å²) < 4.78 is 0.681. The van der Waals surface area contributed by atoms with Gasteiger partial charge in [0.15, 0.2) is 4.34 Å². The van der Waals surface area contributed by atoms with Crippen LogP contribution in [0.2, 0.25) is 5.02 Å². The fourth-order valence-electron chi connectivity index (χ4n) is 3.34. The molecule has 2 aromatic carbocycles. The predicted octanol–water partition coefficient (Wildman–Crippen LogP) is 5.10. The molecule has 0 spiro atoms. The number of aromatic nitrogens is 2. The quantitative estimate of drug-likeness (QED) is 0.501. The van der Waals surface area contributed by atoms with Gasteiger partial charge in [-0.1, -0.05) is 52.9 Å². The summed E-state index contributed by atoms with van der Waals surface area (Å²) >= 11 is 8.87. The summed E-state index contributed by atoms with van der Waals surface area (Å²) in [5.41, 5.74) is 3.15. The number of para-hydroxylation sites is 2. The molecule has 1 atom stereocenters. The second-order valence-corrected chi connectivity index (χ2v) is 9.69. The van der Waals surface area contributed by atoms with E-state index in [0.717, 1.165) is 11.3 Å². The van der Waals surface area contributed by atoms with E-state index >= 15 is 0 Å². The van der Waals surface area contributed by atoms with E-state index in [-0.39, 0.29) is 30.0 Å². The molecule has 7 nitrogen and oxygen atoms in total. The van der Waals surface area contributed by atoms with Gasteiger partial charge in [-0.25, -0.2) is 0 Å². The van der Waals surface area contributed by atoms with Crippen LogP contribution in [0.15, 0.2) is 46.8 Å². The van der Waals surface area contributed by atoms with E-state index in [2.05, 4.69) is 20.8 Å². The summed E-state index contributed by atoms with van der Waals surface area (Å²) in [6.07, 6.45) is 0.247. The van der Waals surface area contributed by atoms with Gasteiger partial charge in [-0.2, -0.15) is 0 Å². The number of nitrogens with zero attached hydrogens (tertiary/aromatic N) is 3. The van der Waals surface area contributed by atoms with Crippen LogP contribution in [0.5, 0.6) is 0 Å². The van der Waals surface area contributed by atoms with E-state index in [4.69, 9.17) is 11.6 Å². The van der Waals surface area contributed by atoms with Crippen molar-refractivity contribution in [2.75, 3.05) is 21.3 Å². The Morgan fingerprint density at radius 3 is 2.94 bits per heavy atom. The third-order valence-corrected chi connectivity index (χ3v) is 7.23. The zero-order valence-electron chi connectivity index (χ0n) is 16.9. The molecule has 0 radical (unpaired) electrons. The summed E-state index contributed by atoms with van der Waals surface area (Å²) in [5, 5.41) is 15.7. The Bertz CT molecular complexity index is 1140. The molecule has 1 aliphatic rings. The van der Waals surface area contributed by atoms with Gasteiger partial charge in [0, 0.05) is 23.2 Å². The van der Waals surface area contributed by atoms with Crippen LogP contribution in [0.25, 0.3) is 0 Å². The van der Waals surface area contributed by atoms with Crippen LogP contribution >= 0.6 is 34.7 Å². The van der Waals surface area contributed by atoms with Crippen molar-refractivity contribution in [2.24, 2.45) is 0 Å². The maximum absolute atomic E-state index is 13.1. The number of anilines is 4. The number of rotatable bonds is 5. The van der Waals surface area contributed by atoms with Crippen LogP contribution < -0.4 is 15.5 Å². The summed E-state index contributed by atoms with van der Waals surface area (Å²) in [5.74, 6) is 0.00780. The van der Waals surface area contributed by atoms with Gasteiger partial charge in [-0.15, -0.1) is 10.2 Å². The molecule has 0 fully saturated rings. The molecule has 1 aromatic heterocycles. The van der Waals surface area contributed by atoms with Crippen molar-refractivity contribution in [3.63, 3.8) is 0 Å². The molecule has 2 heterocycles. The molecule has 31 heavy (non-hydrogen) atoms. The number of benzene rings is 2. The molecule has 0 saturated heterocycles. The van der Waals surface area contributed by atoms with Crippen molar-refractivity contribution in [3.8, 4) is 0 Å². The zero-order valence-corrected chi connectivity index (χ0v) is 19.3. The molecule has 4 rings (SSSR count). The Morgan fingerprint density at radius 2 is 2.10 bits per heavy atom. The molecule has 2 amide bonds. The third-order valence-electron chi connectivity index (χ3n) is 4.86. The molecule has 10 heteroatoms. The average Bonchev–Trinajstić information content (AvgIpc) is 3.13. The van der Waals surface area contributed by atoms with Gasteiger partial charge >= 0.3 is 0 Å². The summed E-state index contributed by atoms with van der Waals surface area (Å²) in [6.45, 7) is 3.81. The highest BCUT2D eigenvalue weighted by molar-refractivity contribution is 8.01. The van der Waals surface area contributed by atoms with Gasteiger partial charge < -0.3 is 15.5 Å². The molecule has 3 aromatic rings. The first-order chi connectivity index (χ1) is 14.9. The molecule has 1 aliphatic heterocycles. The highest BCUT2D eigenvalue weighted by Gasteiger charge is 2.29. The normalized spacial score (nSPS) is 15.8. The van der Waals surface area contributed by atoms with Crippen LogP contribution in [0.3, 0.4) is 0 Å². The van der Waals surface area contributed by atoms with E-state index in [1.807, 2.05) is 50.2 Å². The molecular formula is C21H20ClN5O2S2. The fourth-order valence-corrected chi connectivity index (χ4v) is 5.14. The van der Waals surface area contributed by atoms with Crippen molar-refractivity contribution in [1.82, 2.24) is 10.2 Å². The molecule has 0 unspecified atom stereocenters. The molecule has 0 aliphatic carbocycles. The van der Waals surface area contributed by atoms with Gasteiger partial charge in [-0.05, 0) is 43.7 Å². The van der Waals surface area contributed by atoms with Crippen LogP contribution in [0.1, 0.15) is 18.9 Å². The number of fused-ring (bicyclic) bond motifs is 1. The maximum Gasteiger partial charge on any atom is 0.237 e. The summed E-state index contributed by atoms with van der Waals surface area (Å²) in [7, 11) is 0. The first-order valence-electron chi connectivity index (χ1n) is 9.61. The van der Waals surface area contributed by atoms with Gasteiger partial charge in [0.2, 0.25) is 16.9 Å². The van der Waals surface area contributed by atoms with Crippen molar-refractivity contribution in [2.45, 2.75) is 30.6 Å². The topological polar surface area (TPSA) is 87.2 Å². The molecule has 0 bridgehead atoms. The monoisotopic (exact) mass is 473 g/mol. The molecular weight excluding hydrogens is 454 g/mol. The van der Waals surface area contributed by atoms with Crippen LogP contribution in [0, 0.1) is 6.92 Å². The van der Waals surface area contributed by atoms with E-state index in [9.17, 15) is 9.59 Å². The Balaban J connectivity index is 1.44. The lowest BCUT2D eigenvalue weighted by atomic mass is 10.2. The second kappa shape index (κ2) is 9.25. The Kier molecular flexibility index (Phi) is 6.45. The van der Waals surface area contributed by atoms with Crippen molar-refractivity contribution in [1.29, 1.82) is 0 Å². The van der Waals surface area contributed by atoms with Gasteiger partial charge in [0.1, 0.15) is 0 Å². The van der Waals surface area contributed by atoms with Gasteiger partial charge in [-0.3, -0.25) is 9.59 Å². The molecule has 2 N–H and O–H groups in total. The summed E-state index contributed by atoms with van der Waals surface area (Å²) in [4.78, 5) is 26.9. The second-order valence-electron chi connectivity index (χ2n) is 7.08. The van der Waals surface area contributed by atoms with E-state index in [1.54, 1.807) is 11.0 Å². The van der Waals surface area contributed by atoms with Crippen LogP contribution in [-0.4, -0.2) is 33.8 Å². The number of halogens is 1. The Morgan fingerprint density at radius 1 is 1.29 bits per heavy atom. The minimum atomic E-state index is -0.241. The first kappa shape index (κ1) is 21.6. The van der Waals surface area contributed by atoms with Crippen molar-refractivity contribution >= 4 is 68.7 Å². The maximum atomic E-state index is 13.1. The van der Waals surface area contributed by atoms with Crippen LogP contribution in [-0.2, 0) is 9.59 Å². The number of amides is 2. The molecule has 0 saturated carbocycles. The number of thioether (sulfide) groups is 1. The number of hydrogen-bond acceptors (Lipinski definition) is 7. The van der Waals surface area contributed by atoms with Crippen molar-refractivity contribution in [3.05, 3.63) is 53.1 Å². The smallest absolute Gasteiger partial charge is 0.237 e. The number of carbonyl (C=O) groups excluding carboxylic acids is 2. The zero-order chi connectivity index (χ0) is 22.0.